The van der Waals surface area contributed by atoms with Gasteiger partial charge in [-0.15, -0.1) is 11.3 Å². The van der Waals surface area contributed by atoms with Crippen LogP contribution < -0.4 is 4.90 Å². The number of aliphatic hydroxyl groups is 1. The fourth-order valence-corrected chi connectivity index (χ4v) is 3.69. The highest BCUT2D eigenvalue weighted by molar-refractivity contribution is 7.19. The molecule has 140 valence electrons. The molecule has 4 aromatic rings. The third-order valence-corrected chi connectivity index (χ3v) is 5.27. The first-order valence-corrected chi connectivity index (χ1v) is 9.49. The summed E-state index contributed by atoms with van der Waals surface area (Å²) in [5.74, 6) is 2.34. The van der Waals surface area contributed by atoms with Crippen molar-refractivity contribution in [1.82, 2.24) is 4.98 Å². The minimum Gasteiger partial charge on any atom is -0.453 e. The summed E-state index contributed by atoms with van der Waals surface area (Å²) >= 11 is 1.48. The van der Waals surface area contributed by atoms with Gasteiger partial charge in [-0.2, -0.15) is 5.26 Å². The number of aromatic nitrogens is 1. The summed E-state index contributed by atoms with van der Waals surface area (Å²) in [5, 5.41) is 19.3. The molecule has 1 N–H and O–H groups in total. The first kappa shape index (κ1) is 18.0. The molecule has 0 aliphatic heterocycles. The molecule has 3 aromatic heterocycles. The third-order valence-electron chi connectivity index (χ3n) is 4.20. The largest absolute Gasteiger partial charge is 0.453 e. The van der Waals surface area contributed by atoms with Gasteiger partial charge in [-0.05, 0) is 30.3 Å². The first-order valence-electron chi connectivity index (χ1n) is 8.67. The number of rotatable bonds is 6. The normalized spacial score (nSPS) is 11.7. The summed E-state index contributed by atoms with van der Waals surface area (Å²) in [4.78, 5) is 6.34. The molecule has 4 rings (SSSR count). The number of thiazole rings is 1. The molecule has 0 radical (unpaired) electrons. The van der Waals surface area contributed by atoms with Crippen molar-refractivity contribution in [2.24, 2.45) is 0 Å². The number of aliphatic hydroxyl groups excluding tert-OH is 1. The molecule has 6 nitrogen and oxygen atoms in total. The van der Waals surface area contributed by atoms with E-state index in [1.54, 1.807) is 18.2 Å². The van der Waals surface area contributed by atoms with Crippen molar-refractivity contribution in [3.8, 4) is 17.6 Å². The Bertz CT molecular complexity index is 1150. The predicted molar refractivity (Wildman–Crippen MR) is 110 cm³/mol. The number of fused-ring (bicyclic) bond motifs is 1. The number of para-hydroxylation sites is 1. The average Bonchev–Trinajstić information content (AvgIpc) is 3.44. The zero-order valence-electron chi connectivity index (χ0n) is 15.1. The van der Waals surface area contributed by atoms with E-state index >= 15 is 0 Å². The van der Waals surface area contributed by atoms with Crippen LogP contribution in [0.25, 0.3) is 33.4 Å². The van der Waals surface area contributed by atoms with Crippen molar-refractivity contribution < 1.29 is 13.9 Å². The molecule has 3 heterocycles. The van der Waals surface area contributed by atoms with Gasteiger partial charge >= 0.3 is 0 Å². The molecular weight excluding hydrogens is 374 g/mol. The molecular formula is C21H17N3O3S. The van der Waals surface area contributed by atoms with Crippen LogP contribution in [0, 0.1) is 11.3 Å². The maximum atomic E-state index is 9.57. The molecule has 0 bridgehead atoms. The molecule has 0 amide bonds. The third kappa shape index (κ3) is 3.56. The molecule has 28 heavy (non-hydrogen) atoms. The van der Waals surface area contributed by atoms with E-state index < -0.39 is 0 Å². The molecule has 1 aromatic carbocycles. The van der Waals surface area contributed by atoms with Crippen molar-refractivity contribution in [3.05, 3.63) is 59.3 Å². The van der Waals surface area contributed by atoms with Crippen LogP contribution in [-0.4, -0.2) is 30.3 Å². The van der Waals surface area contributed by atoms with E-state index in [1.165, 1.54) is 11.3 Å². The zero-order valence-corrected chi connectivity index (χ0v) is 15.9. The number of furan rings is 2. The molecule has 0 saturated heterocycles. The van der Waals surface area contributed by atoms with Crippen molar-refractivity contribution in [1.29, 1.82) is 5.26 Å². The van der Waals surface area contributed by atoms with Gasteiger partial charge < -0.3 is 18.8 Å². The summed E-state index contributed by atoms with van der Waals surface area (Å²) in [7, 11) is 1.84. The number of allylic oxidation sites excluding steroid dienone is 1. The van der Waals surface area contributed by atoms with Gasteiger partial charge in [0.2, 0.25) is 0 Å². The molecule has 0 fully saturated rings. The van der Waals surface area contributed by atoms with Crippen LogP contribution in [0.5, 0.6) is 0 Å². The van der Waals surface area contributed by atoms with E-state index in [4.69, 9.17) is 13.9 Å². The van der Waals surface area contributed by atoms with Gasteiger partial charge in [0, 0.05) is 25.7 Å². The van der Waals surface area contributed by atoms with E-state index in [-0.39, 0.29) is 6.61 Å². The monoisotopic (exact) mass is 391 g/mol. The Morgan fingerprint density at radius 2 is 1.96 bits per heavy atom. The van der Waals surface area contributed by atoms with Crippen LogP contribution in [0.3, 0.4) is 0 Å². The quantitative estimate of drug-likeness (QED) is 0.482. The number of benzene rings is 1. The van der Waals surface area contributed by atoms with Gasteiger partial charge in [0.05, 0.1) is 22.4 Å². The SMILES string of the molecule is CN(CCO)c1ccc(-c2ccc(/C=C(\C#N)c3nc4ccccc4s3)o2)o1. The summed E-state index contributed by atoms with van der Waals surface area (Å²) in [6.45, 7) is 0.526. The van der Waals surface area contributed by atoms with Gasteiger partial charge in [-0.1, -0.05) is 12.1 Å². The standard InChI is InChI=1S/C21H17N3O3S/c1-24(10-11-25)20-9-8-18(27-20)17-7-6-15(26-17)12-14(13-22)21-23-16-4-2-3-5-19(16)28-21/h2-9,12,25H,10-11H2,1H3/b14-12+. The Labute approximate surface area is 165 Å². The van der Waals surface area contributed by atoms with E-state index in [0.717, 1.165) is 10.2 Å². The average molecular weight is 391 g/mol. The predicted octanol–water partition coefficient (Wildman–Crippen LogP) is 4.64. The van der Waals surface area contributed by atoms with Crippen LogP contribution in [-0.2, 0) is 0 Å². The van der Waals surface area contributed by atoms with E-state index in [9.17, 15) is 5.26 Å². The minimum absolute atomic E-state index is 0.0466. The highest BCUT2D eigenvalue weighted by atomic mass is 32.1. The Balaban J connectivity index is 1.60. The highest BCUT2D eigenvalue weighted by Crippen LogP contribution is 2.31. The lowest BCUT2D eigenvalue weighted by molar-refractivity contribution is 0.302. The number of anilines is 1. The second-order valence-electron chi connectivity index (χ2n) is 6.14. The van der Waals surface area contributed by atoms with E-state index in [1.807, 2.05) is 48.3 Å². The van der Waals surface area contributed by atoms with E-state index in [0.29, 0.717) is 40.3 Å². The number of nitrogens with zero attached hydrogens (tertiary/aromatic N) is 3. The molecule has 0 saturated carbocycles. The Morgan fingerprint density at radius 3 is 2.75 bits per heavy atom. The Hall–Kier alpha value is -3.34. The number of hydrogen-bond acceptors (Lipinski definition) is 7. The maximum absolute atomic E-state index is 9.57. The lowest BCUT2D eigenvalue weighted by atomic mass is 10.2. The minimum atomic E-state index is 0.0466. The second-order valence-corrected chi connectivity index (χ2v) is 7.17. The lowest BCUT2D eigenvalue weighted by Crippen LogP contribution is -2.20. The van der Waals surface area contributed by atoms with Gasteiger partial charge in [0.15, 0.2) is 17.4 Å². The Kier molecular flexibility index (Phi) is 4.98. The van der Waals surface area contributed by atoms with Crippen LogP contribution in [0.1, 0.15) is 10.8 Å². The number of hydrogen-bond donors (Lipinski definition) is 1. The van der Waals surface area contributed by atoms with Crippen molar-refractivity contribution in [3.63, 3.8) is 0 Å². The number of nitriles is 1. The summed E-state index contributed by atoms with van der Waals surface area (Å²) < 4.78 is 12.7. The maximum Gasteiger partial charge on any atom is 0.196 e. The molecule has 7 heteroatoms. The van der Waals surface area contributed by atoms with Crippen molar-refractivity contribution >= 4 is 39.1 Å². The van der Waals surface area contributed by atoms with Crippen molar-refractivity contribution in [2.75, 3.05) is 25.1 Å². The van der Waals surface area contributed by atoms with Gasteiger partial charge in [-0.3, -0.25) is 0 Å². The molecule has 0 aliphatic carbocycles. The Morgan fingerprint density at radius 1 is 1.18 bits per heavy atom. The van der Waals surface area contributed by atoms with Gasteiger partial charge in [0.1, 0.15) is 16.8 Å². The number of likely N-dealkylation sites (N-methyl/N-ethyl adjacent to an activating group) is 1. The fourth-order valence-electron chi connectivity index (χ4n) is 2.76. The summed E-state index contributed by atoms with van der Waals surface area (Å²) in [6, 6.07) is 17.2. The van der Waals surface area contributed by atoms with E-state index in [2.05, 4.69) is 11.1 Å². The lowest BCUT2D eigenvalue weighted by Gasteiger charge is -2.13. The summed E-state index contributed by atoms with van der Waals surface area (Å²) in [6.07, 6.45) is 1.68. The van der Waals surface area contributed by atoms with Crippen molar-refractivity contribution in [2.45, 2.75) is 0 Å². The molecule has 0 spiro atoms. The zero-order chi connectivity index (χ0) is 19.5. The fraction of sp³-hybridized carbons (Fsp3) is 0.143. The van der Waals surface area contributed by atoms with Gasteiger partial charge in [0.25, 0.3) is 0 Å². The van der Waals surface area contributed by atoms with Crippen LogP contribution in [0.2, 0.25) is 0 Å². The van der Waals surface area contributed by atoms with Crippen LogP contribution in [0.4, 0.5) is 5.88 Å². The van der Waals surface area contributed by atoms with Crippen LogP contribution >= 0.6 is 11.3 Å². The van der Waals surface area contributed by atoms with Crippen LogP contribution in [0.15, 0.2) is 57.4 Å². The molecule has 0 aliphatic rings. The van der Waals surface area contributed by atoms with Gasteiger partial charge in [-0.25, -0.2) is 4.98 Å². The topological polar surface area (TPSA) is 86.4 Å². The smallest absolute Gasteiger partial charge is 0.196 e. The highest BCUT2D eigenvalue weighted by Gasteiger charge is 2.13. The molecule has 0 unspecified atom stereocenters. The first-order chi connectivity index (χ1) is 13.7. The molecule has 0 atom stereocenters. The second kappa shape index (κ2) is 7.72. The summed E-state index contributed by atoms with van der Waals surface area (Å²) in [5.41, 5.74) is 1.32.